The molecule has 2 atom stereocenters. The van der Waals surface area contributed by atoms with Crippen molar-refractivity contribution in [2.75, 3.05) is 20.2 Å². The third-order valence-corrected chi connectivity index (χ3v) is 5.16. The predicted molar refractivity (Wildman–Crippen MR) is 98.0 cm³/mol. The molecule has 0 bridgehead atoms. The molecule has 142 valence electrons. The minimum Gasteiger partial charge on any atom is -0.469 e. The van der Waals surface area contributed by atoms with Crippen LogP contribution in [0.3, 0.4) is 0 Å². The number of hydrogen-bond acceptors (Lipinski definition) is 6. The van der Waals surface area contributed by atoms with E-state index in [4.69, 9.17) is 10.6 Å². The fraction of sp³-hybridized carbons (Fsp3) is 0.526. The number of oxime groups is 1. The van der Waals surface area contributed by atoms with Crippen LogP contribution in [0.25, 0.3) is 0 Å². The van der Waals surface area contributed by atoms with E-state index >= 15 is 0 Å². The van der Waals surface area contributed by atoms with E-state index in [0.717, 1.165) is 26.1 Å². The first kappa shape index (κ1) is 19.9. The van der Waals surface area contributed by atoms with Crippen LogP contribution in [0.1, 0.15) is 32.3 Å². The van der Waals surface area contributed by atoms with Gasteiger partial charge in [-0.3, -0.25) is 9.69 Å². The number of nitrogens with zero attached hydrogens (tertiary/aromatic N) is 2. The van der Waals surface area contributed by atoms with Gasteiger partial charge in [-0.05, 0) is 24.4 Å². The highest BCUT2D eigenvalue weighted by atomic mass is 16.7. The van der Waals surface area contributed by atoms with Crippen LogP contribution >= 0.6 is 0 Å². The number of methoxy groups -OCH3 is 1. The summed E-state index contributed by atoms with van der Waals surface area (Å²) in [5, 5.41) is 3.78. The van der Waals surface area contributed by atoms with Gasteiger partial charge in [-0.15, -0.1) is 0 Å². The van der Waals surface area contributed by atoms with Gasteiger partial charge in [0.15, 0.2) is 0 Å². The zero-order valence-electron chi connectivity index (χ0n) is 15.6. The van der Waals surface area contributed by atoms with Crippen LogP contribution in [0.5, 0.6) is 0 Å². The summed E-state index contributed by atoms with van der Waals surface area (Å²) in [6.45, 7) is 6.80. The monoisotopic (exact) mass is 361 g/mol. The summed E-state index contributed by atoms with van der Waals surface area (Å²) in [5.41, 5.74) is 7.04. The van der Waals surface area contributed by atoms with Crippen molar-refractivity contribution < 1.29 is 19.2 Å². The molecule has 7 heteroatoms. The Morgan fingerprint density at radius 2 is 2.00 bits per heavy atom. The molecule has 7 nitrogen and oxygen atoms in total. The molecule has 0 amide bonds. The lowest BCUT2D eigenvalue weighted by Crippen LogP contribution is -2.51. The van der Waals surface area contributed by atoms with Crippen molar-refractivity contribution in [1.82, 2.24) is 4.90 Å². The summed E-state index contributed by atoms with van der Waals surface area (Å²) >= 11 is 0. The number of rotatable bonds is 6. The van der Waals surface area contributed by atoms with Crippen molar-refractivity contribution in [2.24, 2.45) is 22.2 Å². The van der Waals surface area contributed by atoms with Gasteiger partial charge in [0.1, 0.15) is 12.3 Å². The predicted octanol–water partition coefficient (Wildman–Crippen LogP) is 1.91. The van der Waals surface area contributed by atoms with E-state index in [1.165, 1.54) is 12.7 Å². The maximum absolute atomic E-state index is 11.5. The topological polar surface area (TPSA) is 94.2 Å². The van der Waals surface area contributed by atoms with Crippen LogP contribution in [0.2, 0.25) is 0 Å². The molecule has 0 saturated carbocycles. The Labute approximate surface area is 154 Å². The van der Waals surface area contributed by atoms with Crippen molar-refractivity contribution in [3.63, 3.8) is 0 Å². The van der Waals surface area contributed by atoms with Crippen LogP contribution < -0.4 is 5.73 Å². The first-order valence-electron chi connectivity index (χ1n) is 8.72. The molecule has 1 heterocycles. The summed E-state index contributed by atoms with van der Waals surface area (Å²) in [6.07, 6.45) is 0.329. The van der Waals surface area contributed by atoms with Gasteiger partial charge in [0.05, 0.1) is 7.11 Å². The molecular formula is C19H27N3O4. The molecule has 0 aliphatic carbocycles. The van der Waals surface area contributed by atoms with Gasteiger partial charge in [0, 0.05) is 18.5 Å². The van der Waals surface area contributed by atoms with Crippen LogP contribution in [0.4, 0.5) is 0 Å². The Kier molecular flexibility index (Phi) is 6.74. The summed E-state index contributed by atoms with van der Waals surface area (Å²) in [6, 6.07) is 10.3. The van der Waals surface area contributed by atoms with Crippen LogP contribution in [-0.2, 0) is 25.7 Å². The molecule has 2 unspecified atom stereocenters. The van der Waals surface area contributed by atoms with E-state index in [1.807, 2.05) is 25.1 Å². The minimum atomic E-state index is -0.780. The third kappa shape index (κ3) is 5.05. The van der Waals surface area contributed by atoms with E-state index in [2.05, 4.69) is 33.8 Å². The summed E-state index contributed by atoms with van der Waals surface area (Å²) in [7, 11) is 1.21. The summed E-state index contributed by atoms with van der Waals surface area (Å²) < 4.78 is 4.42. The molecule has 2 rings (SSSR count). The molecule has 26 heavy (non-hydrogen) atoms. The van der Waals surface area contributed by atoms with E-state index < -0.39 is 18.4 Å². The van der Waals surface area contributed by atoms with Gasteiger partial charge in [0.2, 0.25) is 0 Å². The van der Waals surface area contributed by atoms with E-state index in [9.17, 15) is 9.59 Å². The van der Waals surface area contributed by atoms with E-state index in [-0.39, 0.29) is 17.2 Å². The van der Waals surface area contributed by atoms with Crippen molar-refractivity contribution in [3.8, 4) is 0 Å². The van der Waals surface area contributed by atoms with Gasteiger partial charge < -0.3 is 15.3 Å². The number of likely N-dealkylation sites (tertiary alicyclic amines) is 1. The molecule has 1 fully saturated rings. The van der Waals surface area contributed by atoms with Gasteiger partial charge >= 0.3 is 11.9 Å². The second-order valence-electron chi connectivity index (χ2n) is 6.98. The second kappa shape index (κ2) is 8.80. The minimum absolute atomic E-state index is 0.239. The first-order valence-corrected chi connectivity index (χ1v) is 8.72. The van der Waals surface area contributed by atoms with Crippen molar-refractivity contribution >= 4 is 17.8 Å². The van der Waals surface area contributed by atoms with Crippen molar-refractivity contribution in [1.29, 1.82) is 0 Å². The van der Waals surface area contributed by atoms with Crippen molar-refractivity contribution in [3.05, 3.63) is 35.9 Å². The fourth-order valence-electron chi connectivity index (χ4n) is 3.11. The lowest BCUT2D eigenvalue weighted by atomic mass is 9.71. The Balaban J connectivity index is 1.93. The van der Waals surface area contributed by atoms with E-state index in [0.29, 0.717) is 0 Å². The smallest absolute Gasteiger partial charge is 0.346 e. The van der Waals surface area contributed by atoms with Gasteiger partial charge in [-0.25, -0.2) is 4.79 Å². The third-order valence-electron chi connectivity index (χ3n) is 5.16. The largest absolute Gasteiger partial charge is 0.469 e. The Morgan fingerprint density at radius 3 is 2.62 bits per heavy atom. The highest BCUT2D eigenvalue weighted by Gasteiger charge is 2.40. The molecule has 1 aromatic rings. The van der Waals surface area contributed by atoms with Gasteiger partial charge in [-0.2, -0.15) is 0 Å². The molecule has 2 N–H and O–H groups in total. The van der Waals surface area contributed by atoms with Crippen molar-refractivity contribution in [2.45, 2.75) is 33.2 Å². The lowest BCUT2D eigenvalue weighted by molar-refractivity contribution is -0.153. The zero-order chi connectivity index (χ0) is 19.2. The number of carbonyl (C=O) groups is 2. The molecule has 1 aliphatic heterocycles. The Morgan fingerprint density at radius 1 is 1.31 bits per heavy atom. The highest BCUT2D eigenvalue weighted by Crippen LogP contribution is 2.36. The number of esters is 1. The number of amidine groups is 1. The zero-order valence-corrected chi connectivity index (χ0v) is 15.6. The molecule has 0 aromatic heterocycles. The van der Waals surface area contributed by atoms with Crippen LogP contribution in [0, 0.1) is 11.3 Å². The van der Waals surface area contributed by atoms with Crippen LogP contribution in [0.15, 0.2) is 35.5 Å². The number of ether oxygens (including phenoxy) is 1. The maximum atomic E-state index is 11.5. The number of hydrogen-bond donors (Lipinski definition) is 1. The van der Waals surface area contributed by atoms with E-state index in [1.54, 1.807) is 0 Å². The van der Waals surface area contributed by atoms with Crippen LogP contribution in [-0.4, -0.2) is 42.9 Å². The second-order valence-corrected chi connectivity index (χ2v) is 6.98. The number of benzene rings is 1. The normalized spacial score (nSPS) is 24.1. The molecule has 0 spiro atoms. The average Bonchev–Trinajstić information content (AvgIpc) is 2.63. The number of carbonyl (C=O) groups excluding carboxylic acids is 2. The molecule has 0 radical (unpaired) electrons. The first-order chi connectivity index (χ1) is 12.3. The highest BCUT2D eigenvalue weighted by molar-refractivity contribution is 5.92. The SMILES string of the molecule is COC(=O)CC(=O)O/N=C(\N)C1(C)CCN(Cc2ccccc2)CC1C. The lowest BCUT2D eigenvalue weighted by Gasteiger charge is -2.43. The average molecular weight is 361 g/mol. The Bertz CT molecular complexity index is 662. The molecule has 1 saturated heterocycles. The summed E-state index contributed by atoms with van der Waals surface area (Å²) in [4.78, 5) is 29.8. The Hall–Kier alpha value is -2.41. The maximum Gasteiger partial charge on any atom is 0.346 e. The standard InChI is InChI=1S/C19H27N3O4/c1-14-12-22(13-15-7-5-4-6-8-15)10-9-19(14,2)18(20)21-26-17(24)11-16(23)25-3/h4-8,14H,9-13H2,1-3H3,(H2,20,21). The van der Waals surface area contributed by atoms with Gasteiger partial charge in [-0.1, -0.05) is 49.3 Å². The fourth-order valence-corrected chi connectivity index (χ4v) is 3.11. The number of piperidine rings is 1. The molecular weight excluding hydrogens is 334 g/mol. The van der Waals surface area contributed by atoms with Gasteiger partial charge in [0.25, 0.3) is 0 Å². The summed E-state index contributed by atoms with van der Waals surface area (Å²) in [5.74, 6) is -0.930. The quantitative estimate of drug-likeness (QED) is 0.208. The molecule has 1 aliphatic rings. The number of nitrogens with two attached hydrogens (primary N) is 1. The molecule has 1 aromatic carbocycles.